The molecule has 0 aliphatic rings. The highest BCUT2D eigenvalue weighted by atomic mass is 35.5. The van der Waals surface area contributed by atoms with Crippen molar-refractivity contribution in [3.8, 4) is 23.0 Å². The minimum Gasteiger partial charge on any atom is -0.497 e. The van der Waals surface area contributed by atoms with Gasteiger partial charge in [0.25, 0.3) is 0 Å². The van der Waals surface area contributed by atoms with Crippen molar-refractivity contribution < 1.29 is 43.5 Å². The third kappa shape index (κ3) is 9.99. The Morgan fingerprint density at radius 3 is 1.25 bits per heavy atom. The molecule has 0 saturated carbocycles. The molecule has 6 aromatic rings. The molecule has 0 spiro atoms. The Hall–Kier alpha value is -6.45. The largest absolute Gasteiger partial charge is 0.497 e. The lowest BCUT2D eigenvalue weighted by atomic mass is 10.1. The summed E-state index contributed by atoms with van der Waals surface area (Å²) in [7, 11) is 6.37. The van der Waals surface area contributed by atoms with Crippen molar-refractivity contribution in [3.63, 3.8) is 0 Å². The van der Waals surface area contributed by atoms with Crippen molar-refractivity contribution in [1.29, 1.82) is 0 Å². The number of nitrogens with one attached hydrogen (secondary N) is 2. The van der Waals surface area contributed by atoms with Crippen LogP contribution in [0.1, 0.15) is 46.0 Å². The zero-order valence-electron chi connectivity index (χ0n) is 32.3. The molecule has 4 N–H and O–H groups in total. The maximum atomic E-state index is 12.4. The van der Waals surface area contributed by atoms with Crippen molar-refractivity contribution in [1.82, 2.24) is 19.9 Å². The number of benzene rings is 2. The molecule has 16 heteroatoms. The molecular weight excluding hydrogens is 744 g/mol. The van der Waals surface area contributed by atoms with Crippen molar-refractivity contribution >= 4 is 69.2 Å². The van der Waals surface area contributed by atoms with Crippen LogP contribution in [0.4, 0.5) is 22.7 Å². The van der Waals surface area contributed by atoms with E-state index in [1.165, 1.54) is 12.4 Å². The first-order chi connectivity index (χ1) is 26.1. The number of aromatic nitrogens is 4. The van der Waals surface area contributed by atoms with Gasteiger partial charge in [-0.3, -0.25) is 0 Å². The Labute approximate surface area is 330 Å². The molecule has 0 radical (unpaired) electrons. The van der Waals surface area contributed by atoms with Crippen LogP contribution in [0.3, 0.4) is 0 Å². The highest BCUT2D eigenvalue weighted by Gasteiger charge is 2.21. The Bertz CT molecular complexity index is 2110. The fourth-order valence-corrected chi connectivity index (χ4v) is 5.43. The number of rotatable bonds is 12. The number of nitrogens with zero attached hydrogens (tertiary/aromatic N) is 4. The molecule has 0 aliphatic heterocycles. The molecule has 56 heavy (non-hydrogen) atoms. The molecule has 4 heterocycles. The van der Waals surface area contributed by atoms with Crippen molar-refractivity contribution in [2.75, 3.05) is 52.3 Å². The van der Waals surface area contributed by atoms with E-state index in [0.29, 0.717) is 56.1 Å². The van der Waals surface area contributed by atoms with E-state index in [2.05, 4.69) is 30.6 Å². The first-order valence-electron chi connectivity index (χ1n) is 17.0. The van der Waals surface area contributed by atoms with E-state index in [4.69, 9.17) is 28.4 Å². The predicted molar refractivity (Wildman–Crippen MR) is 217 cm³/mol. The number of hydrogen-bond donors (Lipinski definition) is 2. The average molecular weight is 789 g/mol. The number of aryl methyl sites for hydroxylation is 2. The maximum Gasteiger partial charge on any atom is 0.341 e. The Morgan fingerprint density at radius 2 is 0.946 bits per heavy atom. The molecule has 15 nitrogen and oxygen atoms in total. The number of fused-ring (bicyclic) bond motifs is 2. The first kappa shape index (κ1) is 44.0. The molecule has 2 aromatic carbocycles. The maximum absolute atomic E-state index is 12.4. The number of methoxy groups -OCH3 is 4. The van der Waals surface area contributed by atoms with E-state index >= 15 is 0 Å². The molecular formula is C40H45ClN6O9. The SMILES string of the molecule is CCOC(=O)c1cnc2nc(C)c(OC)cc2c1Nc1ccc(OC)cc1.CCOC(=O)c1cnc2nc(C)c(OC)cc2c1Nc1ccc(OC)cc1.Cl.O. The van der Waals surface area contributed by atoms with Crippen LogP contribution in [0.15, 0.2) is 73.1 Å². The number of anilines is 4. The monoisotopic (exact) mass is 788 g/mol. The standard InChI is InChI=1S/2C20H21N3O4.ClH.H2O/c2*1-5-27-20(24)16-11-21-19-15(10-17(26-4)12(2)22-19)18(16)23-13-6-8-14(25-3)9-7-13;;/h2*6-11H,5H2,1-4H3,(H,21,22,23);1H;1H2. The molecule has 0 aliphatic carbocycles. The molecule has 0 fully saturated rings. The minimum absolute atomic E-state index is 0. The Morgan fingerprint density at radius 1 is 0.589 bits per heavy atom. The molecule has 0 atom stereocenters. The second kappa shape index (κ2) is 20.3. The van der Waals surface area contributed by atoms with E-state index in [9.17, 15) is 9.59 Å². The molecule has 4 aromatic heterocycles. The van der Waals surface area contributed by atoms with Gasteiger partial charge in [0.15, 0.2) is 11.3 Å². The van der Waals surface area contributed by atoms with Gasteiger partial charge in [-0.2, -0.15) is 0 Å². The highest BCUT2D eigenvalue weighted by Crippen LogP contribution is 2.34. The Kier molecular flexibility index (Phi) is 15.9. The van der Waals surface area contributed by atoms with Crippen LogP contribution in [0, 0.1) is 13.8 Å². The quantitative estimate of drug-likeness (QED) is 0.117. The number of carbonyl (C=O) groups is 2. The molecule has 0 bridgehead atoms. The summed E-state index contributed by atoms with van der Waals surface area (Å²) in [6, 6.07) is 18.4. The minimum atomic E-state index is -0.456. The van der Waals surface area contributed by atoms with E-state index in [1.54, 1.807) is 42.3 Å². The van der Waals surface area contributed by atoms with Gasteiger partial charge < -0.3 is 44.5 Å². The van der Waals surface area contributed by atoms with Crippen LogP contribution in [-0.2, 0) is 9.47 Å². The molecule has 0 unspecified atom stereocenters. The zero-order chi connectivity index (χ0) is 38.8. The van der Waals surface area contributed by atoms with Gasteiger partial charge in [-0.05, 0) is 88.4 Å². The van der Waals surface area contributed by atoms with E-state index in [0.717, 1.165) is 34.3 Å². The molecule has 296 valence electrons. The van der Waals surface area contributed by atoms with Gasteiger partial charge in [0.05, 0.1) is 64.4 Å². The van der Waals surface area contributed by atoms with Crippen LogP contribution in [-0.4, -0.2) is 79.0 Å². The van der Waals surface area contributed by atoms with E-state index in [1.807, 2.05) is 74.5 Å². The molecule has 0 saturated heterocycles. The number of ether oxygens (including phenoxy) is 6. The topological polar surface area (TPSA) is 197 Å². The fourth-order valence-electron chi connectivity index (χ4n) is 5.43. The van der Waals surface area contributed by atoms with Crippen molar-refractivity contribution in [2.24, 2.45) is 0 Å². The van der Waals surface area contributed by atoms with Crippen LogP contribution in [0.5, 0.6) is 23.0 Å². The van der Waals surface area contributed by atoms with Crippen LogP contribution in [0.2, 0.25) is 0 Å². The first-order valence-corrected chi connectivity index (χ1v) is 17.0. The smallest absolute Gasteiger partial charge is 0.341 e. The Balaban J connectivity index is 0.000000290. The number of pyridine rings is 4. The van der Waals surface area contributed by atoms with Crippen LogP contribution < -0.4 is 29.6 Å². The summed E-state index contributed by atoms with van der Waals surface area (Å²) in [5, 5.41) is 7.90. The average Bonchev–Trinajstić information content (AvgIpc) is 3.18. The third-order valence-electron chi connectivity index (χ3n) is 8.15. The lowest BCUT2D eigenvalue weighted by Gasteiger charge is -2.15. The van der Waals surface area contributed by atoms with Crippen LogP contribution >= 0.6 is 12.4 Å². The second-order valence-corrected chi connectivity index (χ2v) is 11.5. The summed E-state index contributed by atoms with van der Waals surface area (Å²) in [6.45, 7) is 7.75. The predicted octanol–water partition coefficient (Wildman–Crippen LogP) is 7.35. The summed E-state index contributed by atoms with van der Waals surface area (Å²) in [4.78, 5) is 42.5. The number of carbonyl (C=O) groups excluding carboxylic acids is 2. The molecule has 0 amide bonds. The summed E-state index contributed by atoms with van der Waals surface area (Å²) in [6.07, 6.45) is 2.95. The highest BCUT2D eigenvalue weighted by molar-refractivity contribution is 6.06. The van der Waals surface area contributed by atoms with Crippen molar-refractivity contribution in [2.45, 2.75) is 27.7 Å². The summed E-state index contributed by atoms with van der Waals surface area (Å²) in [5.41, 5.74) is 5.81. The van der Waals surface area contributed by atoms with Gasteiger partial charge in [-0.15, -0.1) is 12.4 Å². The van der Waals surface area contributed by atoms with Crippen molar-refractivity contribution in [3.05, 3.63) is 95.6 Å². The third-order valence-corrected chi connectivity index (χ3v) is 8.15. The van der Waals surface area contributed by atoms with Gasteiger partial charge in [0, 0.05) is 34.5 Å². The van der Waals surface area contributed by atoms with Gasteiger partial charge in [0.1, 0.15) is 34.1 Å². The number of hydrogen-bond acceptors (Lipinski definition) is 14. The normalized spacial score (nSPS) is 10.1. The number of halogens is 1. The molecule has 6 rings (SSSR count). The number of esters is 2. The van der Waals surface area contributed by atoms with E-state index in [-0.39, 0.29) is 31.1 Å². The summed E-state index contributed by atoms with van der Waals surface area (Å²) in [5.74, 6) is 1.80. The summed E-state index contributed by atoms with van der Waals surface area (Å²) < 4.78 is 31.5. The second-order valence-electron chi connectivity index (χ2n) is 11.5. The zero-order valence-corrected chi connectivity index (χ0v) is 33.1. The summed E-state index contributed by atoms with van der Waals surface area (Å²) >= 11 is 0. The lowest BCUT2D eigenvalue weighted by molar-refractivity contribution is 0.0517. The fraction of sp³-hybridized carbons (Fsp3) is 0.250. The van der Waals surface area contributed by atoms with Gasteiger partial charge in [-0.25, -0.2) is 29.5 Å². The lowest BCUT2D eigenvalue weighted by Crippen LogP contribution is -2.10. The van der Waals surface area contributed by atoms with Gasteiger partial charge in [-0.1, -0.05) is 0 Å². The van der Waals surface area contributed by atoms with Gasteiger partial charge >= 0.3 is 11.9 Å². The van der Waals surface area contributed by atoms with E-state index < -0.39 is 11.9 Å². The van der Waals surface area contributed by atoms with Gasteiger partial charge in [0.2, 0.25) is 0 Å². The van der Waals surface area contributed by atoms with Crippen LogP contribution in [0.25, 0.3) is 22.1 Å².